The third-order valence-electron chi connectivity index (χ3n) is 4.77. The molecule has 0 saturated carbocycles. The molecule has 3 atom stereocenters. The van der Waals surface area contributed by atoms with Gasteiger partial charge in [-0.15, -0.1) is 0 Å². The Morgan fingerprint density at radius 3 is 2.52 bits per heavy atom. The Bertz CT molecular complexity index is 918. The van der Waals surface area contributed by atoms with Gasteiger partial charge in [-0.25, -0.2) is 0 Å². The largest absolute Gasteiger partial charge is 0.506 e. The van der Waals surface area contributed by atoms with Gasteiger partial charge in [-0.05, 0) is 35.9 Å². The Morgan fingerprint density at radius 1 is 1.22 bits per heavy atom. The number of nitrogens with zero attached hydrogens (tertiary/aromatic N) is 1. The lowest BCUT2D eigenvalue weighted by atomic mass is 9.85. The topological polar surface area (TPSA) is 116 Å². The van der Waals surface area contributed by atoms with E-state index in [9.17, 15) is 19.8 Å². The number of hydrogen-bond donors (Lipinski definition) is 4. The Labute approximate surface area is 161 Å². The summed E-state index contributed by atoms with van der Waals surface area (Å²) in [6, 6.07) is 9.00. The molecule has 142 valence electrons. The number of carbonyl (C=O) groups is 2. The summed E-state index contributed by atoms with van der Waals surface area (Å²) in [5.41, 5.74) is 7.42. The molecule has 7 nitrogen and oxygen atoms in total. The van der Waals surface area contributed by atoms with Crippen molar-refractivity contribution in [3.8, 4) is 5.75 Å². The van der Waals surface area contributed by atoms with E-state index >= 15 is 0 Å². The number of aliphatic hydroxyl groups excluding tert-OH is 1. The number of phenolic OH excluding ortho intramolecular Hbond substituents is 1. The summed E-state index contributed by atoms with van der Waals surface area (Å²) in [7, 11) is 0. The SMILES string of the molecule is CC(=O)N1c2ccc(C(N)=O)cc2[C@H](Nc2ccc(Cl)c(O)c2)[C@@H](C)[C@@H]1O. The number of rotatable bonds is 3. The van der Waals surface area contributed by atoms with Crippen molar-refractivity contribution < 1.29 is 19.8 Å². The lowest BCUT2D eigenvalue weighted by molar-refractivity contribution is -0.119. The van der Waals surface area contributed by atoms with Crippen LogP contribution >= 0.6 is 11.6 Å². The number of amides is 2. The normalized spacial score (nSPS) is 21.5. The smallest absolute Gasteiger partial charge is 0.248 e. The highest BCUT2D eigenvalue weighted by Crippen LogP contribution is 2.42. The van der Waals surface area contributed by atoms with Crippen molar-refractivity contribution in [2.24, 2.45) is 11.7 Å². The third kappa shape index (κ3) is 3.43. The number of fused-ring (bicyclic) bond motifs is 1. The second kappa shape index (κ2) is 7.09. The number of primary amides is 1. The number of nitrogens with two attached hydrogens (primary N) is 1. The molecule has 0 aliphatic carbocycles. The van der Waals surface area contributed by atoms with Crippen LogP contribution in [0.5, 0.6) is 5.75 Å². The molecule has 8 heteroatoms. The Kier molecular flexibility index (Phi) is 4.99. The molecular formula is C19H20ClN3O4. The molecule has 1 heterocycles. The van der Waals surface area contributed by atoms with Gasteiger partial charge in [0, 0.05) is 30.2 Å². The summed E-state index contributed by atoms with van der Waals surface area (Å²) < 4.78 is 0. The monoisotopic (exact) mass is 389 g/mol. The summed E-state index contributed by atoms with van der Waals surface area (Å²) in [5.74, 6) is -1.40. The average molecular weight is 390 g/mol. The molecule has 0 spiro atoms. The molecule has 2 aromatic carbocycles. The highest BCUT2D eigenvalue weighted by atomic mass is 35.5. The molecule has 3 rings (SSSR count). The fourth-order valence-electron chi connectivity index (χ4n) is 3.36. The maximum Gasteiger partial charge on any atom is 0.248 e. The highest BCUT2D eigenvalue weighted by Gasteiger charge is 2.40. The van der Waals surface area contributed by atoms with Gasteiger partial charge < -0.3 is 21.3 Å². The van der Waals surface area contributed by atoms with Crippen LogP contribution in [0, 0.1) is 5.92 Å². The first-order valence-electron chi connectivity index (χ1n) is 8.37. The molecule has 0 bridgehead atoms. The van der Waals surface area contributed by atoms with E-state index in [1.165, 1.54) is 24.0 Å². The fourth-order valence-corrected chi connectivity index (χ4v) is 3.47. The summed E-state index contributed by atoms with van der Waals surface area (Å²) in [6.45, 7) is 3.15. The second-order valence-electron chi connectivity index (χ2n) is 6.59. The summed E-state index contributed by atoms with van der Waals surface area (Å²) in [6.07, 6.45) is -1.06. The van der Waals surface area contributed by atoms with E-state index < -0.39 is 24.1 Å². The van der Waals surface area contributed by atoms with Crippen molar-refractivity contribution >= 4 is 34.8 Å². The van der Waals surface area contributed by atoms with E-state index in [4.69, 9.17) is 17.3 Å². The summed E-state index contributed by atoms with van der Waals surface area (Å²) in [5, 5.41) is 24.0. The van der Waals surface area contributed by atoms with Crippen molar-refractivity contribution in [2.75, 3.05) is 10.2 Å². The van der Waals surface area contributed by atoms with Gasteiger partial charge in [-0.3, -0.25) is 14.5 Å². The molecule has 2 aromatic rings. The Balaban J connectivity index is 2.11. The lowest BCUT2D eigenvalue weighted by Gasteiger charge is -2.43. The fraction of sp³-hybridized carbons (Fsp3) is 0.263. The number of aromatic hydroxyl groups is 1. The van der Waals surface area contributed by atoms with Crippen LogP contribution in [0.1, 0.15) is 35.8 Å². The first-order chi connectivity index (χ1) is 12.7. The van der Waals surface area contributed by atoms with Crippen LogP contribution in [-0.2, 0) is 4.79 Å². The van der Waals surface area contributed by atoms with Gasteiger partial charge in [-0.1, -0.05) is 18.5 Å². The zero-order valence-electron chi connectivity index (χ0n) is 14.8. The van der Waals surface area contributed by atoms with Crippen molar-refractivity contribution in [2.45, 2.75) is 26.1 Å². The zero-order valence-corrected chi connectivity index (χ0v) is 15.6. The summed E-state index contributed by atoms with van der Waals surface area (Å²) in [4.78, 5) is 25.0. The molecule has 0 fully saturated rings. The van der Waals surface area contributed by atoms with Gasteiger partial charge in [0.1, 0.15) is 12.0 Å². The van der Waals surface area contributed by atoms with Gasteiger partial charge >= 0.3 is 0 Å². The van der Waals surface area contributed by atoms with E-state index in [0.29, 0.717) is 22.5 Å². The molecule has 1 aliphatic rings. The van der Waals surface area contributed by atoms with E-state index in [1.807, 2.05) is 0 Å². The van der Waals surface area contributed by atoms with Gasteiger partial charge in [0.2, 0.25) is 11.8 Å². The standard InChI is InChI=1S/C19H20ClN3O4/c1-9-17(22-12-4-5-14(20)16(25)8-12)13-7-11(18(21)26)3-6-15(13)23(10(2)24)19(9)27/h3-9,17,19,22,25,27H,1-2H3,(H2,21,26)/t9-,17-,19+/m1/s1. The summed E-state index contributed by atoms with van der Waals surface area (Å²) >= 11 is 5.85. The minimum atomic E-state index is -1.06. The molecule has 5 N–H and O–H groups in total. The van der Waals surface area contributed by atoms with Gasteiger partial charge in [-0.2, -0.15) is 0 Å². The van der Waals surface area contributed by atoms with Crippen molar-refractivity contribution in [1.82, 2.24) is 0 Å². The predicted molar refractivity (Wildman–Crippen MR) is 103 cm³/mol. The van der Waals surface area contributed by atoms with Gasteiger partial charge in [0.25, 0.3) is 0 Å². The first-order valence-corrected chi connectivity index (χ1v) is 8.75. The number of nitrogens with one attached hydrogen (secondary N) is 1. The predicted octanol–water partition coefficient (Wildman–Crippen LogP) is 2.62. The van der Waals surface area contributed by atoms with Crippen LogP contribution in [0.3, 0.4) is 0 Å². The molecule has 0 aromatic heterocycles. The van der Waals surface area contributed by atoms with Crippen molar-refractivity contribution in [1.29, 1.82) is 0 Å². The number of hydrogen-bond acceptors (Lipinski definition) is 5. The number of aliphatic hydroxyl groups is 1. The maximum atomic E-state index is 12.1. The quantitative estimate of drug-likeness (QED) is 0.644. The van der Waals surface area contributed by atoms with E-state index in [-0.39, 0.29) is 16.7 Å². The van der Waals surface area contributed by atoms with Crippen LogP contribution < -0.4 is 16.0 Å². The van der Waals surface area contributed by atoms with Crippen LogP contribution in [0.4, 0.5) is 11.4 Å². The minimum Gasteiger partial charge on any atom is -0.506 e. The third-order valence-corrected chi connectivity index (χ3v) is 5.09. The number of benzene rings is 2. The lowest BCUT2D eigenvalue weighted by Crippen LogP contribution is -2.50. The van der Waals surface area contributed by atoms with Crippen LogP contribution in [0.25, 0.3) is 0 Å². The number of phenols is 1. The van der Waals surface area contributed by atoms with Gasteiger partial charge in [0.15, 0.2) is 0 Å². The van der Waals surface area contributed by atoms with Crippen LogP contribution in [0.15, 0.2) is 36.4 Å². The number of carbonyl (C=O) groups excluding carboxylic acids is 2. The minimum absolute atomic E-state index is 0.0813. The second-order valence-corrected chi connectivity index (χ2v) is 6.99. The highest BCUT2D eigenvalue weighted by molar-refractivity contribution is 6.32. The van der Waals surface area contributed by atoms with E-state index in [0.717, 1.165) is 0 Å². The average Bonchev–Trinajstić information content (AvgIpc) is 2.61. The molecular weight excluding hydrogens is 370 g/mol. The Hall–Kier alpha value is -2.77. The molecule has 1 aliphatic heterocycles. The van der Waals surface area contributed by atoms with Crippen molar-refractivity contribution in [3.63, 3.8) is 0 Å². The van der Waals surface area contributed by atoms with Gasteiger partial charge in [0.05, 0.1) is 16.8 Å². The Morgan fingerprint density at radius 2 is 1.93 bits per heavy atom. The van der Waals surface area contributed by atoms with Crippen LogP contribution in [0.2, 0.25) is 5.02 Å². The zero-order chi connectivity index (χ0) is 19.9. The molecule has 0 unspecified atom stereocenters. The molecule has 2 amide bonds. The van der Waals surface area contributed by atoms with E-state index in [1.54, 1.807) is 31.2 Å². The van der Waals surface area contributed by atoms with Crippen molar-refractivity contribution in [3.05, 3.63) is 52.5 Å². The van der Waals surface area contributed by atoms with Crippen LogP contribution in [-0.4, -0.2) is 28.3 Å². The first kappa shape index (κ1) is 19.0. The molecule has 27 heavy (non-hydrogen) atoms. The van der Waals surface area contributed by atoms with E-state index in [2.05, 4.69) is 5.32 Å². The maximum absolute atomic E-state index is 12.1. The molecule has 0 radical (unpaired) electrons. The molecule has 0 saturated heterocycles. The number of halogens is 1. The number of anilines is 2.